The van der Waals surface area contributed by atoms with Crippen molar-refractivity contribution >= 4 is 5.91 Å². The zero-order chi connectivity index (χ0) is 21.3. The number of carbonyl (C=O) groups is 1. The molecule has 4 rings (SSSR count). The molecular formula is C24H36N6O. The number of rotatable bonds is 9. The zero-order valence-corrected chi connectivity index (χ0v) is 18.7. The van der Waals surface area contributed by atoms with E-state index in [0.717, 1.165) is 64.1 Å². The fourth-order valence-corrected chi connectivity index (χ4v) is 4.79. The van der Waals surface area contributed by atoms with Crippen LogP contribution in [0.2, 0.25) is 0 Å². The Kier molecular flexibility index (Phi) is 8.04. The molecule has 0 unspecified atom stereocenters. The van der Waals surface area contributed by atoms with Gasteiger partial charge in [0.25, 0.3) is 0 Å². The molecule has 1 aromatic heterocycles. The van der Waals surface area contributed by atoms with Crippen LogP contribution in [0.4, 0.5) is 0 Å². The number of aromatic nitrogens is 4. The van der Waals surface area contributed by atoms with Crippen molar-refractivity contribution in [2.75, 3.05) is 32.7 Å². The molecule has 2 heterocycles. The van der Waals surface area contributed by atoms with Crippen molar-refractivity contribution in [2.45, 2.75) is 64.3 Å². The average Bonchev–Trinajstić information content (AvgIpc) is 3.29. The largest absolute Gasteiger partial charge is 0.340 e. The number of piperazine rings is 1. The van der Waals surface area contributed by atoms with Crippen LogP contribution < -0.4 is 0 Å². The summed E-state index contributed by atoms with van der Waals surface area (Å²) in [5, 5.41) is 12.8. The summed E-state index contributed by atoms with van der Waals surface area (Å²) >= 11 is 0. The fourth-order valence-electron chi connectivity index (χ4n) is 4.79. The third kappa shape index (κ3) is 6.60. The van der Waals surface area contributed by atoms with E-state index < -0.39 is 0 Å². The Labute approximate surface area is 185 Å². The lowest BCUT2D eigenvalue weighted by Crippen LogP contribution is -2.49. The van der Waals surface area contributed by atoms with E-state index in [1.165, 1.54) is 38.5 Å². The second kappa shape index (κ2) is 11.4. The summed E-state index contributed by atoms with van der Waals surface area (Å²) in [5.41, 5.74) is 1.00. The number of aryl methyl sites for hydroxylation is 1. The first-order chi connectivity index (χ1) is 15.3. The zero-order valence-electron chi connectivity index (χ0n) is 18.7. The van der Waals surface area contributed by atoms with Gasteiger partial charge in [0.1, 0.15) is 0 Å². The topological polar surface area (TPSA) is 67.2 Å². The number of tetrazole rings is 1. The van der Waals surface area contributed by atoms with Crippen LogP contribution >= 0.6 is 0 Å². The Hall–Kier alpha value is -2.28. The normalized spacial score (nSPS) is 18.4. The Morgan fingerprint density at radius 3 is 2.42 bits per heavy atom. The van der Waals surface area contributed by atoms with Crippen LogP contribution in [0.5, 0.6) is 0 Å². The van der Waals surface area contributed by atoms with Gasteiger partial charge >= 0.3 is 0 Å². The quantitative estimate of drug-likeness (QED) is 0.575. The van der Waals surface area contributed by atoms with Gasteiger partial charge in [-0.05, 0) is 43.4 Å². The van der Waals surface area contributed by atoms with Crippen molar-refractivity contribution in [3.05, 3.63) is 30.3 Å². The standard InChI is InChI=1S/C24H36N6O/c31-23(20-21-10-4-1-5-11-21)29-18-16-28(17-19-29)14-8-3-9-15-30-26-24(25-27-30)22-12-6-2-7-13-22/h2,6-7,12-13,21H,1,3-5,8-11,14-20H2. The molecule has 1 aliphatic carbocycles. The van der Waals surface area contributed by atoms with Gasteiger partial charge in [-0.2, -0.15) is 4.80 Å². The third-order valence-electron chi connectivity index (χ3n) is 6.73. The second-order valence-electron chi connectivity index (χ2n) is 9.07. The molecule has 2 aliphatic rings. The van der Waals surface area contributed by atoms with Crippen LogP contribution in [0.15, 0.2) is 30.3 Å². The lowest BCUT2D eigenvalue weighted by molar-refractivity contribution is -0.134. The number of carbonyl (C=O) groups excluding carboxylic acids is 1. The van der Waals surface area contributed by atoms with Crippen LogP contribution in [0, 0.1) is 5.92 Å². The lowest BCUT2D eigenvalue weighted by atomic mass is 9.86. The van der Waals surface area contributed by atoms with E-state index in [2.05, 4.69) is 25.2 Å². The lowest BCUT2D eigenvalue weighted by Gasteiger charge is -2.35. The van der Waals surface area contributed by atoms with Gasteiger partial charge in [0.2, 0.25) is 11.7 Å². The van der Waals surface area contributed by atoms with Gasteiger partial charge in [-0.15, -0.1) is 10.2 Å². The molecule has 0 bridgehead atoms. The van der Waals surface area contributed by atoms with Gasteiger partial charge in [-0.25, -0.2) is 0 Å². The van der Waals surface area contributed by atoms with Crippen LogP contribution in [0.25, 0.3) is 11.4 Å². The highest BCUT2D eigenvalue weighted by Crippen LogP contribution is 2.27. The van der Waals surface area contributed by atoms with Crippen molar-refractivity contribution in [3.8, 4) is 11.4 Å². The molecule has 0 N–H and O–H groups in total. The summed E-state index contributed by atoms with van der Waals surface area (Å²) in [6.45, 7) is 5.75. The molecule has 7 nitrogen and oxygen atoms in total. The number of hydrogen-bond donors (Lipinski definition) is 0. The predicted octanol–water partition coefficient (Wildman–Crippen LogP) is 3.63. The van der Waals surface area contributed by atoms with Gasteiger partial charge in [0, 0.05) is 38.2 Å². The first-order valence-corrected chi connectivity index (χ1v) is 12.1. The van der Waals surface area contributed by atoms with Crippen LogP contribution in [-0.2, 0) is 11.3 Å². The van der Waals surface area contributed by atoms with Crippen LogP contribution in [0.3, 0.4) is 0 Å². The molecule has 1 saturated heterocycles. The molecule has 1 aliphatic heterocycles. The molecule has 2 fully saturated rings. The molecule has 1 aromatic carbocycles. The molecule has 1 saturated carbocycles. The molecule has 1 amide bonds. The van der Waals surface area contributed by atoms with Crippen LogP contribution in [0.1, 0.15) is 57.8 Å². The summed E-state index contributed by atoms with van der Waals surface area (Å²) in [7, 11) is 0. The van der Waals surface area contributed by atoms with Gasteiger partial charge < -0.3 is 4.90 Å². The Morgan fingerprint density at radius 1 is 0.903 bits per heavy atom. The molecule has 0 spiro atoms. The van der Waals surface area contributed by atoms with E-state index in [-0.39, 0.29) is 0 Å². The first kappa shape index (κ1) is 21.9. The predicted molar refractivity (Wildman–Crippen MR) is 121 cm³/mol. The minimum atomic E-state index is 0.391. The maximum absolute atomic E-state index is 12.6. The first-order valence-electron chi connectivity index (χ1n) is 12.1. The minimum absolute atomic E-state index is 0.391. The van der Waals surface area contributed by atoms with Crippen molar-refractivity contribution in [1.29, 1.82) is 0 Å². The van der Waals surface area contributed by atoms with E-state index in [1.54, 1.807) is 4.80 Å². The smallest absolute Gasteiger partial charge is 0.222 e. The number of unbranched alkanes of at least 4 members (excludes halogenated alkanes) is 2. The molecule has 0 atom stereocenters. The van der Waals surface area contributed by atoms with Crippen molar-refractivity contribution in [1.82, 2.24) is 30.0 Å². The SMILES string of the molecule is O=C(CC1CCCCC1)N1CCN(CCCCCn2nnc(-c3ccccc3)n2)CC1. The highest BCUT2D eigenvalue weighted by Gasteiger charge is 2.24. The summed E-state index contributed by atoms with van der Waals surface area (Å²) in [6.07, 6.45) is 10.7. The Morgan fingerprint density at radius 2 is 1.65 bits per heavy atom. The summed E-state index contributed by atoms with van der Waals surface area (Å²) < 4.78 is 0. The fraction of sp³-hybridized carbons (Fsp3) is 0.667. The van der Waals surface area contributed by atoms with E-state index in [4.69, 9.17) is 0 Å². The molecule has 2 aromatic rings. The minimum Gasteiger partial charge on any atom is -0.340 e. The van der Waals surface area contributed by atoms with Crippen molar-refractivity contribution < 1.29 is 4.79 Å². The monoisotopic (exact) mass is 424 g/mol. The number of amides is 1. The van der Waals surface area contributed by atoms with Crippen molar-refractivity contribution in [3.63, 3.8) is 0 Å². The van der Waals surface area contributed by atoms with Crippen molar-refractivity contribution in [2.24, 2.45) is 5.92 Å². The number of benzene rings is 1. The average molecular weight is 425 g/mol. The molecule has 0 radical (unpaired) electrons. The second-order valence-corrected chi connectivity index (χ2v) is 9.07. The third-order valence-corrected chi connectivity index (χ3v) is 6.73. The van der Waals surface area contributed by atoms with Gasteiger partial charge in [0.05, 0.1) is 6.54 Å². The summed E-state index contributed by atoms with van der Waals surface area (Å²) in [6, 6.07) is 9.98. The van der Waals surface area contributed by atoms with Gasteiger partial charge in [0.15, 0.2) is 0 Å². The number of hydrogen-bond acceptors (Lipinski definition) is 5. The highest BCUT2D eigenvalue weighted by atomic mass is 16.2. The van der Waals surface area contributed by atoms with E-state index in [0.29, 0.717) is 17.6 Å². The summed E-state index contributed by atoms with van der Waals surface area (Å²) in [4.78, 5) is 18.9. The maximum Gasteiger partial charge on any atom is 0.222 e. The highest BCUT2D eigenvalue weighted by molar-refractivity contribution is 5.76. The van der Waals surface area contributed by atoms with E-state index in [1.807, 2.05) is 30.3 Å². The molecule has 168 valence electrons. The summed E-state index contributed by atoms with van der Waals surface area (Å²) in [5.74, 6) is 1.72. The van der Waals surface area contributed by atoms with E-state index in [9.17, 15) is 4.79 Å². The van der Waals surface area contributed by atoms with E-state index >= 15 is 0 Å². The number of nitrogens with zero attached hydrogens (tertiary/aromatic N) is 6. The van der Waals surface area contributed by atoms with Gasteiger partial charge in [-0.1, -0.05) is 56.0 Å². The Bertz CT molecular complexity index is 793. The van der Waals surface area contributed by atoms with Crippen LogP contribution in [-0.4, -0.2) is 68.6 Å². The molecule has 7 heteroatoms. The maximum atomic E-state index is 12.6. The Balaban J connectivity index is 1.08. The van der Waals surface area contributed by atoms with Gasteiger partial charge in [-0.3, -0.25) is 9.69 Å². The molecular weight excluding hydrogens is 388 g/mol. The molecule has 31 heavy (non-hydrogen) atoms.